The van der Waals surface area contributed by atoms with Crippen molar-refractivity contribution in [3.8, 4) is 23.4 Å². The first-order chi connectivity index (χ1) is 20.4. The average Bonchev–Trinajstić information content (AvgIpc) is 3.61. The fourth-order valence-electron chi connectivity index (χ4n) is 4.71. The molecule has 43 heavy (non-hydrogen) atoms. The third-order valence-corrected chi connectivity index (χ3v) is 9.26. The largest absolute Gasteiger partial charge is 0.356 e. The molecule has 2 saturated heterocycles. The summed E-state index contributed by atoms with van der Waals surface area (Å²) in [6.45, 7) is 14.9. The molecule has 0 bridgehead atoms. The highest BCUT2D eigenvalue weighted by Gasteiger charge is 2.19. The second kappa shape index (κ2) is 14.9. The SMILES string of the molecule is Brc1ccc2c(cnn2C2CCCCO2)c1.C#C[Si](C)(C)C.C[Si](C)(C)C#Cc1ccc2c(cnn2C2CCCCO2)c1. The van der Waals surface area contributed by atoms with Crippen molar-refractivity contribution < 1.29 is 9.47 Å². The molecule has 0 radical (unpaired) electrons. The first-order valence-electron chi connectivity index (χ1n) is 15.3. The first-order valence-corrected chi connectivity index (χ1v) is 23.1. The van der Waals surface area contributed by atoms with Gasteiger partial charge in [-0.15, -0.1) is 17.5 Å². The summed E-state index contributed by atoms with van der Waals surface area (Å²) in [5.41, 5.74) is 9.52. The Morgan fingerprint density at radius 3 is 1.74 bits per heavy atom. The van der Waals surface area contributed by atoms with Crippen LogP contribution in [0.15, 0.2) is 53.3 Å². The number of halogens is 1. The summed E-state index contributed by atoms with van der Waals surface area (Å²) in [4.78, 5) is 0. The minimum Gasteiger partial charge on any atom is -0.356 e. The predicted octanol–water partition coefficient (Wildman–Crippen LogP) is 8.96. The Hall–Kier alpha value is -2.67. The van der Waals surface area contributed by atoms with E-state index in [-0.39, 0.29) is 12.5 Å². The molecule has 4 heterocycles. The maximum absolute atomic E-state index is 5.83. The monoisotopic (exact) mass is 676 g/mol. The van der Waals surface area contributed by atoms with Crippen LogP contribution in [0, 0.1) is 23.4 Å². The Morgan fingerprint density at radius 2 is 1.28 bits per heavy atom. The number of rotatable bonds is 2. The lowest BCUT2D eigenvalue weighted by atomic mass is 10.1. The van der Waals surface area contributed by atoms with E-state index in [9.17, 15) is 0 Å². The zero-order valence-electron chi connectivity index (χ0n) is 26.5. The summed E-state index contributed by atoms with van der Waals surface area (Å²) in [6, 6.07) is 12.6. The molecule has 9 heteroatoms. The van der Waals surface area contributed by atoms with Gasteiger partial charge in [-0.3, -0.25) is 0 Å². The average molecular weight is 678 g/mol. The fraction of sp³-hybridized carbons (Fsp3) is 0.471. The van der Waals surface area contributed by atoms with Crippen molar-refractivity contribution in [2.75, 3.05) is 13.2 Å². The molecule has 0 spiro atoms. The van der Waals surface area contributed by atoms with Crippen molar-refractivity contribution in [1.82, 2.24) is 19.6 Å². The Kier molecular flexibility index (Phi) is 11.5. The topological polar surface area (TPSA) is 54.1 Å². The lowest BCUT2D eigenvalue weighted by molar-refractivity contribution is -0.0367. The van der Waals surface area contributed by atoms with Crippen LogP contribution < -0.4 is 0 Å². The summed E-state index contributed by atoms with van der Waals surface area (Å²) in [5, 5.41) is 11.3. The van der Waals surface area contributed by atoms with E-state index in [1.165, 1.54) is 19.3 Å². The van der Waals surface area contributed by atoms with Crippen molar-refractivity contribution in [2.24, 2.45) is 0 Å². The van der Waals surface area contributed by atoms with Gasteiger partial charge in [0.05, 0.1) is 23.4 Å². The van der Waals surface area contributed by atoms with Crippen LogP contribution in [0.1, 0.15) is 56.5 Å². The fourth-order valence-corrected chi connectivity index (χ4v) is 5.60. The van der Waals surface area contributed by atoms with Crippen LogP contribution in [0.25, 0.3) is 21.8 Å². The molecule has 2 aliphatic rings. The van der Waals surface area contributed by atoms with E-state index in [4.69, 9.17) is 15.9 Å². The first kappa shape index (κ1) is 33.2. The molecular weight excluding hydrogens is 632 g/mol. The molecule has 0 N–H and O–H groups in total. The minimum absolute atomic E-state index is 0.0927. The molecule has 4 aromatic rings. The summed E-state index contributed by atoms with van der Waals surface area (Å²) < 4.78 is 16.7. The number of nitrogens with zero attached hydrogens (tertiary/aromatic N) is 4. The van der Waals surface area contributed by atoms with Crippen LogP contribution in [0.3, 0.4) is 0 Å². The lowest BCUT2D eigenvalue weighted by Crippen LogP contribution is -2.18. The third kappa shape index (κ3) is 9.92. The zero-order valence-corrected chi connectivity index (χ0v) is 30.1. The number of hydrogen-bond donors (Lipinski definition) is 0. The quantitative estimate of drug-likeness (QED) is 0.157. The number of hydrogen-bond acceptors (Lipinski definition) is 4. The van der Waals surface area contributed by atoms with Crippen molar-refractivity contribution >= 4 is 53.9 Å². The van der Waals surface area contributed by atoms with E-state index in [0.717, 1.165) is 64.3 Å². The molecular formula is C34H45BrN4O2Si2. The van der Waals surface area contributed by atoms with Crippen molar-refractivity contribution in [3.05, 3.63) is 58.8 Å². The number of ether oxygens (including phenoxy) is 2. The highest BCUT2D eigenvalue weighted by Crippen LogP contribution is 2.28. The van der Waals surface area contributed by atoms with Crippen LogP contribution in [0.4, 0.5) is 0 Å². The van der Waals surface area contributed by atoms with E-state index in [2.05, 4.69) is 113 Å². The normalized spacial score (nSPS) is 18.8. The van der Waals surface area contributed by atoms with Gasteiger partial charge in [-0.1, -0.05) is 61.1 Å². The smallest absolute Gasteiger partial charge is 0.150 e. The highest BCUT2D eigenvalue weighted by atomic mass is 79.9. The number of benzene rings is 2. The number of terminal acetylenes is 1. The number of aromatic nitrogens is 4. The predicted molar refractivity (Wildman–Crippen MR) is 187 cm³/mol. The van der Waals surface area contributed by atoms with Gasteiger partial charge in [-0.2, -0.15) is 10.2 Å². The van der Waals surface area contributed by atoms with Gasteiger partial charge < -0.3 is 9.47 Å². The van der Waals surface area contributed by atoms with Gasteiger partial charge in [0.2, 0.25) is 0 Å². The molecule has 2 aromatic heterocycles. The Labute approximate surface area is 267 Å². The van der Waals surface area contributed by atoms with E-state index in [0.29, 0.717) is 0 Å². The molecule has 6 nitrogen and oxygen atoms in total. The van der Waals surface area contributed by atoms with Crippen LogP contribution in [0.5, 0.6) is 0 Å². The lowest BCUT2D eigenvalue weighted by Gasteiger charge is -2.23. The zero-order chi connectivity index (χ0) is 31.0. The van der Waals surface area contributed by atoms with Gasteiger partial charge >= 0.3 is 0 Å². The minimum atomic E-state index is -1.33. The van der Waals surface area contributed by atoms with Crippen LogP contribution in [-0.4, -0.2) is 48.9 Å². The number of fused-ring (bicyclic) bond motifs is 2. The van der Waals surface area contributed by atoms with E-state index >= 15 is 0 Å². The van der Waals surface area contributed by atoms with Gasteiger partial charge in [0.1, 0.15) is 16.1 Å². The molecule has 2 aromatic carbocycles. The van der Waals surface area contributed by atoms with Crippen LogP contribution in [-0.2, 0) is 9.47 Å². The molecule has 2 aliphatic heterocycles. The van der Waals surface area contributed by atoms with E-state index in [1.54, 1.807) is 0 Å². The second-order valence-electron chi connectivity index (χ2n) is 13.2. The molecule has 0 amide bonds. The van der Waals surface area contributed by atoms with Gasteiger partial charge in [0.15, 0.2) is 12.5 Å². The molecule has 2 fully saturated rings. The van der Waals surface area contributed by atoms with Crippen LogP contribution >= 0.6 is 15.9 Å². The Balaban J connectivity index is 0.000000170. The molecule has 2 unspecified atom stereocenters. The van der Waals surface area contributed by atoms with Gasteiger partial charge in [-0.05, 0) is 74.9 Å². The standard InChI is InChI=1S/C17H22N2OSi.C12H13BrN2O.C5H10Si/c1-21(2,3)11-9-14-7-8-16-15(12-14)13-18-19(16)17-6-4-5-10-20-17;13-10-4-5-11-9(7-10)8-14-15(11)12-3-1-2-6-16-12;1-5-6(2,3)4/h7-8,12-13,17H,4-6,10H2,1-3H3;4-5,7-8,12H,1-3,6H2;1H,2-4H3. The van der Waals surface area contributed by atoms with Gasteiger partial charge in [-0.25, -0.2) is 9.36 Å². The highest BCUT2D eigenvalue weighted by molar-refractivity contribution is 9.10. The maximum Gasteiger partial charge on any atom is 0.150 e. The third-order valence-electron chi connectivity index (χ3n) is 7.02. The maximum atomic E-state index is 5.83. The second-order valence-corrected chi connectivity index (χ2v) is 23.6. The summed E-state index contributed by atoms with van der Waals surface area (Å²) in [6.07, 6.45) is 16.0. The van der Waals surface area contributed by atoms with Gasteiger partial charge in [0, 0.05) is 34.0 Å². The summed E-state index contributed by atoms with van der Waals surface area (Å²) >= 11 is 3.47. The Morgan fingerprint density at radius 1 is 0.767 bits per heavy atom. The molecule has 0 aliphatic carbocycles. The molecule has 0 saturated carbocycles. The van der Waals surface area contributed by atoms with E-state index < -0.39 is 16.1 Å². The molecule has 2 atom stereocenters. The van der Waals surface area contributed by atoms with Crippen molar-refractivity contribution in [2.45, 2.75) is 90.3 Å². The Bertz CT molecular complexity index is 1600. The molecule has 228 valence electrons. The molecule has 6 rings (SSSR count). The van der Waals surface area contributed by atoms with Gasteiger partial charge in [0.25, 0.3) is 0 Å². The van der Waals surface area contributed by atoms with E-state index in [1.807, 2.05) is 27.8 Å². The van der Waals surface area contributed by atoms with Crippen molar-refractivity contribution in [1.29, 1.82) is 0 Å². The van der Waals surface area contributed by atoms with Crippen molar-refractivity contribution in [3.63, 3.8) is 0 Å². The summed E-state index contributed by atoms with van der Waals surface area (Å²) in [5.74, 6) is 3.31. The summed E-state index contributed by atoms with van der Waals surface area (Å²) in [7, 11) is -2.43. The van der Waals surface area contributed by atoms with Crippen LogP contribution in [0.2, 0.25) is 39.3 Å².